The Bertz CT molecular complexity index is 312. The number of nitrogens with one attached hydrogen (secondary N) is 1. The van der Waals surface area contributed by atoms with Gasteiger partial charge in [-0.15, -0.1) is 0 Å². The van der Waals surface area contributed by atoms with Crippen LogP contribution in [0.5, 0.6) is 0 Å². The van der Waals surface area contributed by atoms with Crippen LogP contribution in [-0.4, -0.2) is 35.7 Å². The van der Waals surface area contributed by atoms with Crippen LogP contribution < -0.4 is 11.1 Å². The van der Waals surface area contributed by atoms with E-state index >= 15 is 0 Å². The summed E-state index contributed by atoms with van der Waals surface area (Å²) in [5, 5.41) is 18.0. The van der Waals surface area contributed by atoms with Crippen LogP contribution >= 0.6 is 0 Å². The standard InChI is InChI=1S/C7H14N6S2.Cu/c1-5(11-13-7(15)9-2)4-10-12-6(14)3-8;/h4H,3,8H2,1-2H3,(H,12,14)(H2,9,13,15);/q;+2/p-2/b10-4+,11-5+;. The van der Waals surface area contributed by atoms with E-state index < -0.39 is 0 Å². The van der Waals surface area contributed by atoms with Crippen molar-refractivity contribution in [3.05, 3.63) is 0 Å². The molecule has 93 valence electrons. The molecule has 0 saturated heterocycles. The molecule has 0 spiro atoms. The summed E-state index contributed by atoms with van der Waals surface area (Å²) in [4.78, 5) is 0. The van der Waals surface area contributed by atoms with Crippen molar-refractivity contribution >= 4 is 47.4 Å². The van der Waals surface area contributed by atoms with E-state index in [-0.39, 0.29) is 23.6 Å². The van der Waals surface area contributed by atoms with Crippen LogP contribution in [0, 0.1) is 0 Å². The van der Waals surface area contributed by atoms with Crippen LogP contribution in [-0.2, 0) is 42.3 Å². The van der Waals surface area contributed by atoms with E-state index in [4.69, 9.17) is 31.0 Å². The quantitative estimate of drug-likeness (QED) is 0.238. The van der Waals surface area contributed by atoms with Gasteiger partial charge in [-0.25, -0.2) is 0 Å². The molecule has 0 aliphatic heterocycles. The molecule has 0 aromatic rings. The maximum Gasteiger partial charge on any atom is 2.00 e. The van der Waals surface area contributed by atoms with Crippen molar-refractivity contribution in [2.75, 3.05) is 13.6 Å². The largest absolute Gasteiger partial charge is 2.00 e. The van der Waals surface area contributed by atoms with E-state index in [2.05, 4.69) is 25.7 Å². The second-order valence-corrected chi connectivity index (χ2v) is 3.20. The summed E-state index contributed by atoms with van der Waals surface area (Å²) < 4.78 is 0. The molecular weight excluding hydrogens is 296 g/mol. The fourth-order valence-corrected chi connectivity index (χ4v) is 0.506. The Hall–Kier alpha value is -0.601. The van der Waals surface area contributed by atoms with Gasteiger partial charge in [0.25, 0.3) is 0 Å². The van der Waals surface area contributed by atoms with E-state index in [0.29, 0.717) is 15.9 Å². The molecule has 0 atom stereocenters. The Morgan fingerprint density at radius 3 is 2.44 bits per heavy atom. The van der Waals surface area contributed by atoms with Gasteiger partial charge in [0.05, 0.1) is 11.9 Å². The number of rotatable bonds is 4. The van der Waals surface area contributed by atoms with Gasteiger partial charge in [0.1, 0.15) is 0 Å². The molecule has 1 radical (unpaired) electrons. The van der Waals surface area contributed by atoms with E-state index in [1.807, 2.05) is 0 Å². The zero-order valence-corrected chi connectivity index (χ0v) is 11.3. The SMILES string of the molecule is CN/C([S-])=N/N=C(C)/C=N/N=C(\[S-])CN.[Cu+2]. The number of nitrogens with two attached hydrogens (primary N) is 1. The molecule has 9 heteroatoms. The molecule has 0 rings (SSSR count). The van der Waals surface area contributed by atoms with Crippen molar-refractivity contribution in [1.82, 2.24) is 5.32 Å². The van der Waals surface area contributed by atoms with Crippen LogP contribution in [0.25, 0.3) is 0 Å². The van der Waals surface area contributed by atoms with Gasteiger partial charge in [-0.3, -0.25) is 0 Å². The first kappa shape index (κ1) is 17.8. The van der Waals surface area contributed by atoms with Gasteiger partial charge in [-0.1, -0.05) is 5.04 Å². The third-order valence-corrected chi connectivity index (χ3v) is 1.63. The third kappa shape index (κ3) is 9.94. The maximum atomic E-state index is 5.22. The summed E-state index contributed by atoms with van der Waals surface area (Å²) in [6.45, 7) is 1.92. The first-order chi connectivity index (χ1) is 7.10. The normalized spacial score (nSPS) is 13.8. The van der Waals surface area contributed by atoms with E-state index in [0.717, 1.165) is 0 Å². The van der Waals surface area contributed by atoms with Gasteiger partial charge in [-0.05, 0) is 12.1 Å². The first-order valence-corrected chi connectivity index (χ1v) is 4.85. The topological polar surface area (TPSA) is 87.5 Å². The molecule has 16 heavy (non-hydrogen) atoms. The van der Waals surface area contributed by atoms with Gasteiger partial charge < -0.3 is 36.3 Å². The molecule has 0 fully saturated rings. The fourth-order valence-electron chi connectivity index (χ4n) is 0.418. The smallest absolute Gasteiger partial charge is 0.761 e. The average Bonchev–Trinajstić information content (AvgIpc) is 2.25. The summed E-state index contributed by atoms with van der Waals surface area (Å²) in [6, 6.07) is 0. The molecule has 0 aromatic carbocycles. The fraction of sp³-hybridized carbons (Fsp3) is 0.429. The predicted octanol–water partition coefficient (Wildman–Crippen LogP) is -0.628. The Morgan fingerprint density at radius 1 is 1.31 bits per heavy atom. The summed E-state index contributed by atoms with van der Waals surface area (Å²) in [5.74, 6) is 0. The van der Waals surface area contributed by atoms with Gasteiger partial charge in [0.15, 0.2) is 0 Å². The minimum atomic E-state index is 0. The van der Waals surface area contributed by atoms with Crippen LogP contribution in [0.15, 0.2) is 20.4 Å². The molecule has 0 aliphatic carbocycles. The molecule has 0 aliphatic rings. The summed E-state index contributed by atoms with van der Waals surface area (Å²) in [7, 11) is 1.67. The van der Waals surface area contributed by atoms with E-state index in [9.17, 15) is 0 Å². The zero-order chi connectivity index (χ0) is 11.7. The Morgan fingerprint density at radius 2 is 1.94 bits per heavy atom. The van der Waals surface area contributed by atoms with Crippen molar-refractivity contribution in [1.29, 1.82) is 0 Å². The van der Waals surface area contributed by atoms with Crippen molar-refractivity contribution in [3.63, 3.8) is 0 Å². The van der Waals surface area contributed by atoms with Crippen LogP contribution in [0.3, 0.4) is 0 Å². The third-order valence-electron chi connectivity index (χ3n) is 1.10. The van der Waals surface area contributed by atoms with Crippen molar-refractivity contribution in [2.45, 2.75) is 6.92 Å². The number of amidine groups is 1. The maximum absolute atomic E-state index is 5.22. The molecule has 3 N–H and O–H groups in total. The number of hydrogen-bond donors (Lipinski definition) is 2. The van der Waals surface area contributed by atoms with Gasteiger partial charge in [-0.2, -0.15) is 20.4 Å². The van der Waals surface area contributed by atoms with Gasteiger partial charge in [0.2, 0.25) is 0 Å². The Kier molecular flexibility index (Phi) is 12.1. The minimum absolute atomic E-state index is 0. The van der Waals surface area contributed by atoms with E-state index in [1.54, 1.807) is 14.0 Å². The molecule has 0 amide bonds. The van der Waals surface area contributed by atoms with Gasteiger partial charge in [0, 0.05) is 13.6 Å². The molecule has 0 saturated carbocycles. The minimum Gasteiger partial charge on any atom is -0.761 e. The summed E-state index contributed by atoms with van der Waals surface area (Å²) in [6.07, 6.45) is 1.42. The zero-order valence-electron chi connectivity index (χ0n) is 8.77. The number of nitrogens with zero attached hydrogens (tertiary/aromatic N) is 4. The number of hydrogen-bond acceptors (Lipinski definition) is 7. The predicted molar refractivity (Wildman–Crippen MR) is 69.3 cm³/mol. The van der Waals surface area contributed by atoms with Crippen molar-refractivity contribution in [2.24, 2.45) is 26.1 Å². The molecule has 0 unspecified atom stereocenters. The van der Waals surface area contributed by atoms with Crippen LogP contribution in [0.2, 0.25) is 0 Å². The molecule has 0 heterocycles. The van der Waals surface area contributed by atoms with Crippen molar-refractivity contribution in [3.8, 4) is 0 Å². The van der Waals surface area contributed by atoms with E-state index in [1.165, 1.54) is 6.21 Å². The Balaban J connectivity index is 0. The first-order valence-electron chi connectivity index (χ1n) is 4.04. The monoisotopic (exact) mass is 307 g/mol. The molecular formula is C7H12CuN6S2. The molecule has 0 aromatic heterocycles. The van der Waals surface area contributed by atoms with Crippen molar-refractivity contribution < 1.29 is 17.1 Å². The molecule has 0 bridgehead atoms. The molecule has 6 nitrogen and oxygen atoms in total. The van der Waals surface area contributed by atoms with Crippen LogP contribution in [0.4, 0.5) is 0 Å². The summed E-state index contributed by atoms with van der Waals surface area (Å²) >= 11 is 9.49. The average molecular weight is 308 g/mol. The van der Waals surface area contributed by atoms with Gasteiger partial charge >= 0.3 is 17.1 Å². The second-order valence-electron chi connectivity index (χ2n) is 2.34. The summed E-state index contributed by atoms with van der Waals surface area (Å²) in [5.41, 5.74) is 5.79. The second kappa shape index (κ2) is 10.9. The van der Waals surface area contributed by atoms with Crippen LogP contribution in [0.1, 0.15) is 6.92 Å². The Labute approximate surface area is 116 Å².